The van der Waals surface area contributed by atoms with Gasteiger partial charge in [0.1, 0.15) is 6.54 Å². The summed E-state index contributed by atoms with van der Waals surface area (Å²) >= 11 is 0. The first-order valence-electron chi connectivity index (χ1n) is 10.0. The highest BCUT2D eigenvalue weighted by Gasteiger charge is 2.21. The zero-order valence-corrected chi connectivity index (χ0v) is 16.7. The van der Waals surface area contributed by atoms with Crippen molar-refractivity contribution in [2.24, 2.45) is 0 Å². The number of pyridine rings is 1. The van der Waals surface area contributed by atoms with Crippen LogP contribution < -0.4 is 15.8 Å². The smallest absolute Gasteiger partial charge is 0.258 e. The van der Waals surface area contributed by atoms with Crippen LogP contribution in [-0.4, -0.2) is 54.0 Å². The molecule has 7 heteroatoms. The van der Waals surface area contributed by atoms with E-state index >= 15 is 0 Å². The Bertz CT molecular complexity index is 1100. The van der Waals surface area contributed by atoms with Gasteiger partial charge < -0.3 is 19.7 Å². The van der Waals surface area contributed by atoms with Gasteiger partial charge in [-0.05, 0) is 29.7 Å². The number of benzene rings is 2. The van der Waals surface area contributed by atoms with Crippen LogP contribution in [0.2, 0.25) is 0 Å². The average molecular weight is 404 g/mol. The maximum absolute atomic E-state index is 12.5. The van der Waals surface area contributed by atoms with E-state index in [0.29, 0.717) is 18.5 Å². The van der Waals surface area contributed by atoms with E-state index in [1.807, 2.05) is 30.3 Å². The predicted octanol–water partition coefficient (Wildman–Crippen LogP) is 1.47. The predicted molar refractivity (Wildman–Crippen MR) is 116 cm³/mol. The highest BCUT2D eigenvalue weighted by Crippen LogP contribution is 2.15. The molecule has 1 saturated heterocycles. The molecular weight excluding hydrogens is 380 g/mol. The van der Waals surface area contributed by atoms with Crippen LogP contribution in [0.4, 0.5) is 5.69 Å². The summed E-state index contributed by atoms with van der Waals surface area (Å²) in [5.74, 6) is -0.467. The number of para-hydroxylation sites is 1. The van der Waals surface area contributed by atoms with Crippen molar-refractivity contribution >= 4 is 28.3 Å². The molecule has 0 atom stereocenters. The molecular formula is C23H24N4O3. The van der Waals surface area contributed by atoms with Crippen molar-refractivity contribution in [3.8, 4) is 0 Å². The minimum Gasteiger partial charge on any atom is -0.368 e. The Labute approximate surface area is 174 Å². The SMILES string of the molecule is O=C(Cn1ccc2ccccc2c1=O)NCC(=O)N1CCN(c2ccccc2)CC1. The molecule has 0 spiro atoms. The first-order chi connectivity index (χ1) is 14.6. The maximum atomic E-state index is 12.5. The monoisotopic (exact) mass is 404 g/mol. The van der Waals surface area contributed by atoms with E-state index in [1.54, 1.807) is 29.3 Å². The van der Waals surface area contributed by atoms with Crippen molar-refractivity contribution in [1.82, 2.24) is 14.8 Å². The van der Waals surface area contributed by atoms with E-state index in [4.69, 9.17) is 0 Å². The molecule has 0 radical (unpaired) electrons. The molecule has 2 aromatic carbocycles. The van der Waals surface area contributed by atoms with Crippen molar-refractivity contribution in [3.05, 3.63) is 77.2 Å². The van der Waals surface area contributed by atoms with E-state index in [1.165, 1.54) is 4.57 Å². The Hall–Kier alpha value is -3.61. The number of hydrogen-bond donors (Lipinski definition) is 1. The van der Waals surface area contributed by atoms with Crippen LogP contribution in [-0.2, 0) is 16.1 Å². The van der Waals surface area contributed by atoms with Gasteiger partial charge in [0.15, 0.2) is 0 Å². The standard InChI is InChI=1S/C23H24N4O3/c28-21(17-27-11-10-18-6-4-5-9-20(18)23(27)30)24-16-22(29)26-14-12-25(13-15-26)19-7-2-1-3-8-19/h1-11H,12-17H2,(H,24,28). The highest BCUT2D eigenvalue weighted by atomic mass is 16.2. The fourth-order valence-electron chi connectivity index (χ4n) is 3.70. The number of aromatic nitrogens is 1. The van der Waals surface area contributed by atoms with Gasteiger partial charge in [-0.3, -0.25) is 14.4 Å². The minimum atomic E-state index is -0.358. The van der Waals surface area contributed by atoms with Crippen molar-refractivity contribution in [3.63, 3.8) is 0 Å². The lowest BCUT2D eigenvalue weighted by Crippen LogP contribution is -2.51. The van der Waals surface area contributed by atoms with Gasteiger partial charge in [-0.1, -0.05) is 36.4 Å². The third-order valence-electron chi connectivity index (χ3n) is 5.39. The molecule has 0 saturated carbocycles. The molecule has 2 amide bonds. The topological polar surface area (TPSA) is 74.6 Å². The molecule has 30 heavy (non-hydrogen) atoms. The van der Waals surface area contributed by atoms with E-state index < -0.39 is 0 Å². The van der Waals surface area contributed by atoms with Crippen LogP contribution in [0.15, 0.2) is 71.7 Å². The summed E-state index contributed by atoms with van der Waals surface area (Å²) in [4.78, 5) is 41.2. The van der Waals surface area contributed by atoms with Gasteiger partial charge in [-0.2, -0.15) is 0 Å². The lowest BCUT2D eigenvalue weighted by atomic mass is 10.2. The molecule has 7 nitrogen and oxygen atoms in total. The number of fused-ring (bicyclic) bond motifs is 1. The number of anilines is 1. The molecule has 1 aliphatic rings. The van der Waals surface area contributed by atoms with E-state index in [0.717, 1.165) is 24.2 Å². The minimum absolute atomic E-state index is 0.0630. The number of hydrogen-bond acceptors (Lipinski definition) is 4. The van der Waals surface area contributed by atoms with E-state index in [-0.39, 0.29) is 30.5 Å². The fourth-order valence-corrected chi connectivity index (χ4v) is 3.70. The van der Waals surface area contributed by atoms with Crippen LogP contribution in [0, 0.1) is 0 Å². The molecule has 1 fully saturated rings. The second-order valence-corrected chi connectivity index (χ2v) is 7.32. The molecule has 154 valence electrons. The quantitative estimate of drug-likeness (QED) is 0.699. The van der Waals surface area contributed by atoms with Crippen molar-refractivity contribution in [2.45, 2.75) is 6.54 Å². The summed E-state index contributed by atoms with van der Waals surface area (Å²) < 4.78 is 1.36. The molecule has 0 unspecified atom stereocenters. The molecule has 0 bridgehead atoms. The van der Waals surface area contributed by atoms with Crippen molar-refractivity contribution in [2.75, 3.05) is 37.6 Å². The summed E-state index contributed by atoms with van der Waals surface area (Å²) in [6.07, 6.45) is 1.61. The van der Waals surface area contributed by atoms with Gasteiger partial charge in [0.2, 0.25) is 11.8 Å². The summed E-state index contributed by atoms with van der Waals surface area (Å²) in [6, 6.07) is 19.2. The lowest BCUT2D eigenvalue weighted by molar-refractivity contribution is -0.133. The summed E-state index contributed by atoms with van der Waals surface area (Å²) in [5.41, 5.74) is 0.935. The molecule has 3 aromatic rings. The summed E-state index contributed by atoms with van der Waals surface area (Å²) in [7, 11) is 0. The van der Waals surface area contributed by atoms with Crippen molar-refractivity contribution in [1.29, 1.82) is 0 Å². The van der Waals surface area contributed by atoms with Crippen molar-refractivity contribution < 1.29 is 9.59 Å². The first-order valence-corrected chi connectivity index (χ1v) is 10.0. The number of amides is 2. The second-order valence-electron chi connectivity index (χ2n) is 7.32. The molecule has 2 heterocycles. The maximum Gasteiger partial charge on any atom is 0.258 e. The number of carbonyl (C=O) groups is 2. The summed E-state index contributed by atoms with van der Waals surface area (Å²) in [5, 5.41) is 4.05. The van der Waals surface area contributed by atoms with E-state index in [9.17, 15) is 14.4 Å². The van der Waals surface area contributed by atoms with Crippen LogP contribution in [0.25, 0.3) is 10.8 Å². The van der Waals surface area contributed by atoms with Crippen LogP contribution in [0.1, 0.15) is 0 Å². The Morgan fingerprint density at radius 1 is 0.867 bits per heavy atom. The number of carbonyl (C=O) groups excluding carboxylic acids is 2. The Kier molecular flexibility index (Phi) is 5.79. The Morgan fingerprint density at radius 3 is 2.33 bits per heavy atom. The zero-order chi connectivity index (χ0) is 20.9. The normalized spacial score (nSPS) is 14.0. The first kappa shape index (κ1) is 19.7. The van der Waals surface area contributed by atoms with Gasteiger partial charge in [0.25, 0.3) is 5.56 Å². The Balaban J connectivity index is 1.28. The summed E-state index contributed by atoms with van der Waals surface area (Å²) in [6.45, 7) is 2.58. The molecule has 4 rings (SSSR count). The molecule has 1 aliphatic heterocycles. The van der Waals surface area contributed by atoms with Gasteiger partial charge >= 0.3 is 0 Å². The third-order valence-corrected chi connectivity index (χ3v) is 5.39. The van der Waals surface area contributed by atoms with Crippen LogP contribution in [0.3, 0.4) is 0 Å². The zero-order valence-electron chi connectivity index (χ0n) is 16.7. The van der Waals surface area contributed by atoms with Gasteiger partial charge in [0.05, 0.1) is 6.54 Å². The fraction of sp³-hybridized carbons (Fsp3) is 0.261. The van der Waals surface area contributed by atoms with Gasteiger partial charge in [-0.25, -0.2) is 0 Å². The lowest BCUT2D eigenvalue weighted by Gasteiger charge is -2.36. The number of nitrogens with zero attached hydrogens (tertiary/aromatic N) is 3. The average Bonchev–Trinajstić information content (AvgIpc) is 2.80. The third kappa shape index (κ3) is 4.35. The highest BCUT2D eigenvalue weighted by molar-refractivity contribution is 5.85. The van der Waals surface area contributed by atoms with Crippen LogP contribution in [0.5, 0.6) is 0 Å². The molecule has 1 N–H and O–H groups in total. The van der Waals surface area contributed by atoms with Gasteiger partial charge in [0, 0.05) is 43.4 Å². The number of nitrogens with one attached hydrogen (secondary N) is 1. The molecule has 0 aliphatic carbocycles. The molecule has 1 aromatic heterocycles. The van der Waals surface area contributed by atoms with Crippen LogP contribution >= 0.6 is 0 Å². The Morgan fingerprint density at radius 2 is 1.57 bits per heavy atom. The number of rotatable bonds is 5. The largest absolute Gasteiger partial charge is 0.368 e. The van der Waals surface area contributed by atoms with Gasteiger partial charge in [-0.15, -0.1) is 0 Å². The number of piperazine rings is 1. The van der Waals surface area contributed by atoms with E-state index in [2.05, 4.69) is 22.3 Å². The second kappa shape index (κ2) is 8.82.